The Labute approximate surface area is 166 Å². The number of likely N-dealkylation sites (tertiary alicyclic amines) is 1. The quantitative estimate of drug-likeness (QED) is 0.728. The zero-order valence-electron chi connectivity index (χ0n) is 16.0. The van der Waals surface area contributed by atoms with Gasteiger partial charge in [0.1, 0.15) is 0 Å². The van der Waals surface area contributed by atoms with Crippen molar-refractivity contribution < 1.29 is 18.3 Å². The Hall–Kier alpha value is -2.00. The molecule has 0 radical (unpaired) electrons. The fourth-order valence-electron chi connectivity index (χ4n) is 4.49. The van der Waals surface area contributed by atoms with E-state index < -0.39 is 9.84 Å². The van der Waals surface area contributed by atoms with Crippen LogP contribution in [0.2, 0.25) is 0 Å². The number of carbonyl (C=O) groups excluding carboxylic acids is 1. The van der Waals surface area contributed by atoms with E-state index in [1.165, 1.54) is 5.69 Å². The van der Waals surface area contributed by atoms with E-state index in [2.05, 4.69) is 39.4 Å². The molecule has 0 bridgehead atoms. The summed E-state index contributed by atoms with van der Waals surface area (Å²) in [4.78, 5) is 18.4. The number of hydrogen-bond acceptors (Lipinski definition) is 6. The molecule has 4 rings (SSSR count). The molecular weight excluding hydrogens is 380 g/mol. The number of benzene rings is 1. The minimum atomic E-state index is -2.86. The molecule has 154 valence electrons. The van der Waals surface area contributed by atoms with Crippen LogP contribution in [0, 0.1) is 11.8 Å². The van der Waals surface area contributed by atoms with Crippen molar-refractivity contribution in [2.45, 2.75) is 0 Å². The molecule has 0 aliphatic carbocycles. The van der Waals surface area contributed by atoms with Gasteiger partial charge in [-0.2, -0.15) is 0 Å². The predicted molar refractivity (Wildman–Crippen MR) is 109 cm³/mol. The van der Waals surface area contributed by atoms with Gasteiger partial charge >= 0.3 is 6.03 Å². The molecule has 3 heterocycles. The summed E-state index contributed by atoms with van der Waals surface area (Å²) in [7, 11) is -2.86. The maximum absolute atomic E-state index is 12.1. The van der Waals surface area contributed by atoms with Crippen molar-refractivity contribution in [2.24, 2.45) is 11.8 Å². The molecule has 3 fully saturated rings. The molecule has 1 aromatic rings. The van der Waals surface area contributed by atoms with Crippen LogP contribution in [0.15, 0.2) is 24.3 Å². The normalized spacial score (nSPS) is 26.4. The first-order chi connectivity index (χ1) is 13.4. The monoisotopic (exact) mass is 408 g/mol. The molecule has 1 aromatic carbocycles. The van der Waals surface area contributed by atoms with Gasteiger partial charge in [0.25, 0.3) is 0 Å². The summed E-state index contributed by atoms with van der Waals surface area (Å²) in [6, 6.07) is 8.31. The summed E-state index contributed by atoms with van der Waals surface area (Å²) >= 11 is 0. The number of fused-ring (bicyclic) bond motifs is 1. The van der Waals surface area contributed by atoms with Gasteiger partial charge in [-0.05, 0) is 24.3 Å². The summed E-state index contributed by atoms with van der Waals surface area (Å²) in [6.07, 6.45) is 0. The average molecular weight is 409 g/mol. The fraction of sp³-hybridized carbons (Fsp3) is 0.632. The number of urea groups is 1. The maximum atomic E-state index is 12.1. The lowest BCUT2D eigenvalue weighted by Gasteiger charge is -2.29. The molecule has 9 heteroatoms. The number of sulfone groups is 1. The van der Waals surface area contributed by atoms with Crippen LogP contribution in [0.3, 0.4) is 0 Å². The second-order valence-corrected chi connectivity index (χ2v) is 10.2. The topological polar surface area (TPSA) is 93.2 Å². The van der Waals surface area contributed by atoms with Gasteiger partial charge in [0.15, 0.2) is 9.84 Å². The predicted octanol–water partition coefficient (Wildman–Crippen LogP) is -0.00870. The van der Waals surface area contributed by atoms with E-state index in [0.717, 1.165) is 31.9 Å². The van der Waals surface area contributed by atoms with E-state index >= 15 is 0 Å². The van der Waals surface area contributed by atoms with Crippen molar-refractivity contribution in [2.75, 3.05) is 73.7 Å². The van der Waals surface area contributed by atoms with Crippen LogP contribution in [0.1, 0.15) is 0 Å². The molecule has 0 aromatic heterocycles. The minimum Gasteiger partial charge on any atom is -0.395 e. The van der Waals surface area contributed by atoms with Crippen molar-refractivity contribution in [1.29, 1.82) is 0 Å². The number of hydrogen-bond donors (Lipinski definition) is 2. The molecule has 2 N–H and O–H groups in total. The first-order valence-corrected chi connectivity index (χ1v) is 11.7. The third-order valence-electron chi connectivity index (χ3n) is 6.09. The smallest absolute Gasteiger partial charge is 0.317 e. The highest BCUT2D eigenvalue weighted by Gasteiger charge is 2.41. The van der Waals surface area contributed by atoms with Gasteiger partial charge in [-0.15, -0.1) is 0 Å². The average Bonchev–Trinajstić information content (AvgIpc) is 3.25. The van der Waals surface area contributed by atoms with Crippen molar-refractivity contribution in [1.82, 2.24) is 10.2 Å². The summed E-state index contributed by atoms with van der Waals surface area (Å²) in [6.45, 7) is 4.78. The van der Waals surface area contributed by atoms with Gasteiger partial charge in [0.2, 0.25) is 0 Å². The number of rotatable bonds is 4. The molecule has 3 saturated heterocycles. The van der Waals surface area contributed by atoms with Gasteiger partial charge in [-0.3, -0.25) is 0 Å². The van der Waals surface area contributed by atoms with Crippen LogP contribution in [-0.2, 0) is 9.84 Å². The number of anilines is 2. The number of aliphatic hydroxyl groups excluding tert-OH is 1. The highest BCUT2D eigenvalue weighted by molar-refractivity contribution is 7.91. The van der Waals surface area contributed by atoms with Crippen LogP contribution in [0.4, 0.5) is 16.2 Å². The zero-order valence-corrected chi connectivity index (χ0v) is 16.8. The molecule has 2 unspecified atom stereocenters. The first kappa shape index (κ1) is 19.3. The van der Waals surface area contributed by atoms with Gasteiger partial charge in [0.05, 0.1) is 18.1 Å². The Bertz CT molecular complexity index is 786. The maximum Gasteiger partial charge on any atom is 0.317 e. The fourth-order valence-corrected chi connectivity index (χ4v) is 5.69. The number of nitrogens with one attached hydrogen (secondary N) is 1. The third kappa shape index (κ3) is 4.05. The van der Waals surface area contributed by atoms with E-state index in [9.17, 15) is 13.2 Å². The van der Waals surface area contributed by atoms with Gasteiger partial charge in [0, 0.05) is 69.0 Å². The SMILES string of the molecule is O=C(NCCO)N1CC2CN(c3ccc(N4CCS(=O)(=O)CC4)cc3)CC2C1. The van der Waals surface area contributed by atoms with Crippen molar-refractivity contribution in [3.05, 3.63) is 24.3 Å². The highest BCUT2D eigenvalue weighted by Crippen LogP contribution is 2.34. The molecule has 28 heavy (non-hydrogen) atoms. The Kier molecular flexibility index (Phi) is 5.37. The zero-order chi connectivity index (χ0) is 19.7. The number of carbonyl (C=O) groups is 1. The summed E-state index contributed by atoms with van der Waals surface area (Å²) < 4.78 is 23.2. The Morgan fingerprint density at radius 3 is 2.04 bits per heavy atom. The molecular formula is C19H28N4O4S. The van der Waals surface area contributed by atoms with E-state index in [-0.39, 0.29) is 24.1 Å². The summed E-state index contributed by atoms with van der Waals surface area (Å²) in [5.41, 5.74) is 2.25. The lowest BCUT2D eigenvalue weighted by Crippen LogP contribution is -2.41. The van der Waals surface area contributed by atoms with Crippen LogP contribution >= 0.6 is 0 Å². The third-order valence-corrected chi connectivity index (χ3v) is 7.70. The van der Waals surface area contributed by atoms with E-state index in [4.69, 9.17) is 5.11 Å². The molecule has 2 amide bonds. The Morgan fingerprint density at radius 1 is 0.964 bits per heavy atom. The lowest BCUT2D eigenvalue weighted by atomic mass is 10.0. The standard InChI is InChI=1S/C19H28N4O4S/c24-8-5-20-19(25)23-13-15-11-22(12-16(15)14-23)18-3-1-17(2-4-18)21-6-9-28(26,27)10-7-21/h1-4,15-16,24H,5-14H2,(H,20,25). The van der Waals surface area contributed by atoms with Gasteiger partial charge in [-0.1, -0.05) is 0 Å². The van der Waals surface area contributed by atoms with E-state index in [1.54, 1.807) is 0 Å². The Balaban J connectivity index is 1.32. The first-order valence-electron chi connectivity index (χ1n) is 9.89. The van der Waals surface area contributed by atoms with Crippen molar-refractivity contribution >= 4 is 27.2 Å². The molecule has 3 aliphatic rings. The van der Waals surface area contributed by atoms with Crippen molar-refractivity contribution in [3.8, 4) is 0 Å². The second-order valence-electron chi connectivity index (χ2n) is 7.94. The minimum absolute atomic E-state index is 0.0382. The van der Waals surface area contributed by atoms with E-state index in [0.29, 0.717) is 31.5 Å². The lowest BCUT2D eigenvalue weighted by molar-refractivity contribution is 0.201. The van der Waals surface area contributed by atoms with Crippen LogP contribution in [0.5, 0.6) is 0 Å². The van der Waals surface area contributed by atoms with Crippen LogP contribution < -0.4 is 15.1 Å². The number of nitrogens with zero attached hydrogens (tertiary/aromatic N) is 3. The van der Waals surface area contributed by atoms with Gasteiger partial charge < -0.3 is 25.1 Å². The largest absolute Gasteiger partial charge is 0.395 e. The molecule has 2 atom stereocenters. The van der Waals surface area contributed by atoms with Crippen LogP contribution in [0.25, 0.3) is 0 Å². The van der Waals surface area contributed by atoms with Crippen molar-refractivity contribution in [3.63, 3.8) is 0 Å². The highest BCUT2D eigenvalue weighted by atomic mass is 32.2. The summed E-state index contributed by atoms with van der Waals surface area (Å²) in [5.74, 6) is 1.41. The van der Waals surface area contributed by atoms with Gasteiger partial charge in [-0.25, -0.2) is 13.2 Å². The number of aliphatic hydroxyl groups is 1. The molecule has 0 spiro atoms. The second kappa shape index (κ2) is 7.79. The molecule has 0 saturated carbocycles. The van der Waals surface area contributed by atoms with Crippen LogP contribution in [-0.4, -0.2) is 88.4 Å². The van der Waals surface area contributed by atoms with E-state index in [1.807, 2.05) is 4.90 Å². The molecule has 8 nitrogen and oxygen atoms in total. The Morgan fingerprint density at radius 2 is 1.50 bits per heavy atom. The molecule has 3 aliphatic heterocycles. The number of amides is 2. The summed E-state index contributed by atoms with van der Waals surface area (Å²) in [5, 5.41) is 11.6.